The topological polar surface area (TPSA) is 53.2 Å². The highest BCUT2D eigenvalue weighted by atomic mass is 35.5. The second kappa shape index (κ2) is 6.26. The van der Waals surface area contributed by atoms with Gasteiger partial charge < -0.3 is 9.88 Å². The molecule has 5 heteroatoms. The number of hydrogen-bond donors (Lipinski definition) is 1. The number of carbonyl (C=O) groups excluding carboxylic acids is 1. The molecule has 0 spiro atoms. The number of hydrogen-bond acceptors (Lipinski definition) is 2. The predicted molar refractivity (Wildman–Crippen MR) is 91.8 cm³/mol. The van der Waals surface area contributed by atoms with Crippen molar-refractivity contribution in [1.82, 2.24) is 9.88 Å². The van der Waals surface area contributed by atoms with E-state index in [2.05, 4.69) is 4.98 Å². The Balaban J connectivity index is 1.97. The van der Waals surface area contributed by atoms with E-state index >= 15 is 0 Å². The Hall–Kier alpha value is -2.59. The Kier molecular flexibility index (Phi) is 4.17. The van der Waals surface area contributed by atoms with Gasteiger partial charge in [0, 0.05) is 35.6 Å². The van der Waals surface area contributed by atoms with E-state index in [9.17, 15) is 9.59 Å². The molecule has 0 bridgehead atoms. The molecule has 116 valence electrons. The number of amides is 1. The van der Waals surface area contributed by atoms with E-state index in [1.54, 1.807) is 24.1 Å². The van der Waals surface area contributed by atoms with Crippen LogP contribution in [0.3, 0.4) is 0 Å². The predicted octanol–water partition coefficient (Wildman–Crippen LogP) is 3.45. The van der Waals surface area contributed by atoms with E-state index in [1.807, 2.05) is 36.4 Å². The summed E-state index contributed by atoms with van der Waals surface area (Å²) in [5.74, 6) is -0.216. The van der Waals surface area contributed by atoms with Gasteiger partial charge in [0.25, 0.3) is 5.91 Å². The van der Waals surface area contributed by atoms with Gasteiger partial charge in [-0.1, -0.05) is 48.0 Å². The van der Waals surface area contributed by atoms with Crippen LogP contribution in [0.15, 0.2) is 59.4 Å². The van der Waals surface area contributed by atoms with Gasteiger partial charge in [-0.25, -0.2) is 0 Å². The average Bonchev–Trinajstić information content (AvgIpc) is 2.55. The Labute approximate surface area is 138 Å². The summed E-state index contributed by atoms with van der Waals surface area (Å²) in [5.41, 5.74) is 1.60. The minimum Gasteiger partial charge on any atom is -0.337 e. The summed E-state index contributed by atoms with van der Waals surface area (Å²) >= 11 is 6.15. The third kappa shape index (κ3) is 3.12. The van der Waals surface area contributed by atoms with E-state index in [1.165, 1.54) is 6.07 Å². The molecular weight excluding hydrogens is 312 g/mol. The molecule has 0 aliphatic carbocycles. The minimum atomic E-state index is -0.293. The van der Waals surface area contributed by atoms with E-state index in [0.29, 0.717) is 22.6 Å². The number of para-hydroxylation sites is 1. The molecule has 23 heavy (non-hydrogen) atoms. The fourth-order valence-corrected chi connectivity index (χ4v) is 2.74. The van der Waals surface area contributed by atoms with Crippen LogP contribution in [0, 0.1) is 0 Å². The zero-order chi connectivity index (χ0) is 16.4. The molecule has 3 aromatic rings. The molecule has 1 aromatic heterocycles. The SMILES string of the molecule is CN(Cc1ccccc1Cl)C(=O)c1cc(=O)[nH]c2ccccc12. The second-order valence-corrected chi connectivity index (χ2v) is 5.75. The van der Waals surface area contributed by atoms with Gasteiger partial charge in [0.05, 0.1) is 5.56 Å². The standard InChI is InChI=1S/C18H15ClN2O2/c1-21(11-12-6-2-4-8-15(12)19)18(23)14-10-17(22)20-16-9-5-3-7-13(14)16/h2-10H,11H2,1H3,(H,20,22). The van der Waals surface area contributed by atoms with Crippen LogP contribution in [0.4, 0.5) is 0 Å². The molecule has 0 saturated carbocycles. The lowest BCUT2D eigenvalue weighted by Gasteiger charge is -2.19. The van der Waals surface area contributed by atoms with Crippen molar-refractivity contribution in [2.24, 2.45) is 0 Å². The van der Waals surface area contributed by atoms with Crippen molar-refractivity contribution in [3.05, 3.63) is 81.1 Å². The van der Waals surface area contributed by atoms with Gasteiger partial charge in [0.2, 0.25) is 5.56 Å². The summed E-state index contributed by atoms with van der Waals surface area (Å²) < 4.78 is 0. The van der Waals surface area contributed by atoms with Crippen LogP contribution in [-0.4, -0.2) is 22.8 Å². The van der Waals surface area contributed by atoms with Crippen molar-refractivity contribution >= 4 is 28.4 Å². The molecule has 0 aliphatic heterocycles. The molecule has 3 rings (SSSR count). The highest BCUT2D eigenvalue weighted by Gasteiger charge is 2.17. The zero-order valence-electron chi connectivity index (χ0n) is 12.5. The van der Waals surface area contributed by atoms with E-state index in [4.69, 9.17) is 11.6 Å². The molecule has 1 N–H and O–H groups in total. The molecule has 0 atom stereocenters. The Morgan fingerprint density at radius 2 is 1.83 bits per heavy atom. The van der Waals surface area contributed by atoms with E-state index in [-0.39, 0.29) is 11.5 Å². The van der Waals surface area contributed by atoms with Crippen LogP contribution >= 0.6 is 11.6 Å². The number of fused-ring (bicyclic) bond motifs is 1. The molecular formula is C18H15ClN2O2. The molecule has 0 fully saturated rings. The summed E-state index contributed by atoms with van der Waals surface area (Å²) in [4.78, 5) is 28.8. The number of H-pyrrole nitrogens is 1. The molecule has 0 saturated heterocycles. The number of rotatable bonds is 3. The first kappa shape index (κ1) is 15.3. The van der Waals surface area contributed by atoms with Crippen molar-refractivity contribution < 1.29 is 4.79 Å². The smallest absolute Gasteiger partial charge is 0.254 e. The van der Waals surface area contributed by atoms with Gasteiger partial charge >= 0.3 is 0 Å². The Morgan fingerprint density at radius 3 is 2.61 bits per heavy atom. The first-order valence-electron chi connectivity index (χ1n) is 7.17. The van der Waals surface area contributed by atoms with Crippen molar-refractivity contribution in [2.75, 3.05) is 7.05 Å². The van der Waals surface area contributed by atoms with Gasteiger partial charge in [0.1, 0.15) is 0 Å². The molecule has 0 aliphatic rings. The number of aromatic nitrogens is 1. The lowest BCUT2D eigenvalue weighted by atomic mass is 10.1. The van der Waals surface area contributed by atoms with Crippen molar-refractivity contribution in [3.63, 3.8) is 0 Å². The summed E-state index contributed by atoms with van der Waals surface area (Å²) in [6.45, 7) is 0.375. The molecule has 1 heterocycles. The minimum absolute atomic E-state index is 0.216. The van der Waals surface area contributed by atoms with Crippen LogP contribution < -0.4 is 5.56 Å². The summed E-state index contributed by atoms with van der Waals surface area (Å²) in [5, 5.41) is 1.34. The zero-order valence-corrected chi connectivity index (χ0v) is 13.3. The number of nitrogens with one attached hydrogen (secondary N) is 1. The first-order chi connectivity index (χ1) is 11.1. The maximum Gasteiger partial charge on any atom is 0.254 e. The molecule has 4 nitrogen and oxygen atoms in total. The fraction of sp³-hybridized carbons (Fsp3) is 0.111. The van der Waals surface area contributed by atoms with Crippen molar-refractivity contribution in [3.8, 4) is 0 Å². The van der Waals surface area contributed by atoms with Crippen molar-refractivity contribution in [2.45, 2.75) is 6.54 Å². The van der Waals surface area contributed by atoms with Gasteiger partial charge in [-0.3, -0.25) is 9.59 Å². The third-order valence-corrected chi connectivity index (χ3v) is 4.06. The van der Waals surface area contributed by atoms with Crippen LogP contribution in [0.2, 0.25) is 5.02 Å². The molecule has 1 amide bonds. The number of carbonyl (C=O) groups is 1. The van der Waals surface area contributed by atoms with Crippen molar-refractivity contribution in [1.29, 1.82) is 0 Å². The number of benzene rings is 2. The second-order valence-electron chi connectivity index (χ2n) is 5.35. The Bertz CT molecular complexity index is 933. The highest BCUT2D eigenvalue weighted by molar-refractivity contribution is 6.31. The highest BCUT2D eigenvalue weighted by Crippen LogP contribution is 2.20. The number of pyridine rings is 1. The van der Waals surface area contributed by atoms with Crippen LogP contribution in [0.25, 0.3) is 10.9 Å². The van der Waals surface area contributed by atoms with Gasteiger partial charge in [-0.15, -0.1) is 0 Å². The number of nitrogens with zero attached hydrogens (tertiary/aromatic N) is 1. The molecule has 0 radical (unpaired) electrons. The summed E-state index contributed by atoms with van der Waals surface area (Å²) in [6.07, 6.45) is 0. The van der Waals surface area contributed by atoms with Crippen LogP contribution in [0.5, 0.6) is 0 Å². The average molecular weight is 327 g/mol. The first-order valence-corrected chi connectivity index (χ1v) is 7.55. The monoisotopic (exact) mass is 326 g/mol. The maximum absolute atomic E-state index is 12.8. The summed E-state index contributed by atoms with van der Waals surface area (Å²) in [7, 11) is 1.70. The Morgan fingerprint density at radius 1 is 1.13 bits per heavy atom. The lowest BCUT2D eigenvalue weighted by Crippen LogP contribution is -2.27. The molecule has 0 unspecified atom stereocenters. The van der Waals surface area contributed by atoms with Crippen LogP contribution in [0.1, 0.15) is 15.9 Å². The van der Waals surface area contributed by atoms with Gasteiger partial charge in [-0.2, -0.15) is 0 Å². The number of aromatic amines is 1. The fourth-order valence-electron chi connectivity index (χ4n) is 2.54. The maximum atomic E-state index is 12.8. The van der Waals surface area contributed by atoms with E-state index in [0.717, 1.165) is 10.9 Å². The third-order valence-electron chi connectivity index (χ3n) is 3.69. The quantitative estimate of drug-likeness (QED) is 0.801. The number of halogens is 1. The van der Waals surface area contributed by atoms with Gasteiger partial charge in [0.15, 0.2) is 0 Å². The van der Waals surface area contributed by atoms with E-state index < -0.39 is 0 Å². The molecule has 2 aromatic carbocycles. The summed E-state index contributed by atoms with van der Waals surface area (Å²) in [6, 6.07) is 16.0. The lowest BCUT2D eigenvalue weighted by molar-refractivity contribution is 0.0787. The van der Waals surface area contributed by atoms with Gasteiger partial charge in [-0.05, 0) is 17.7 Å². The normalized spacial score (nSPS) is 10.7. The largest absolute Gasteiger partial charge is 0.337 e. The van der Waals surface area contributed by atoms with Crippen LogP contribution in [-0.2, 0) is 6.54 Å².